The number of likely N-dealkylation sites (N-methyl/N-ethyl adjacent to an activating group) is 1. The number of nitrogens with zero attached hydrogens (tertiary/aromatic N) is 2. The van der Waals surface area contributed by atoms with Crippen LogP contribution in [0, 0.1) is 11.8 Å². The van der Waals surface area contributed by atoms with Crippen molar-refractivity contribution in [1.29, 1.82) is 0 Å². The number of amides is 2. The summed E-state index contributed by atoms with van der Waals surface area (Å²) in [5.74, 6) is 6.40. The quantitative estimate of drug-likeness (QED) is 0.700. The average molecular weight is 342 g/mol. The minimum atomic E-state index is 0.102. The summed E-state index contributed by atoms with van der Waals surface area (Å²) in [7, 11) is 1.92. The number of rotatable bonds is 1. The van der Waals surface area contributed by atoms with Crippen LogP contribution in [0.1, 0.15) is 24.8 Å². The number of benzene rings is 1. The van der Waals surface area contributed by atoms with E-state index in [-0.39, 0.29) is 6.03 Å². The zero-order chi connectivity index (χ0) is 17.9. The van der Waals surface area contributed by atoms with Gasteiger partial charge in [0.2, 0.25) is 0 Å². The minimum Gasteiger partial charge on any atom is -0.322 e. The molecule has 0 spiro atoms. The zero-order valence-electron chi connectivity index (χ0n) is 14.9. The Hall–Kier alpha value is -2.99. The third kappa shape index (κ3) is 3.11. The normalized spacial score (nSPS) is 30.9. The van der Waals surface area contributed by atoms with Crippen molar-refractivity contribution >= 4 is 6.03 Å². The van der Waals surface area contributed by atoms with Crippen molar-refractivity contribution in [2.24, 2.45) is 0 Å². The number of allylic oxidation sites excluding steroid dienone is 7. The van der Waals surface area contributed by atoms with Crippen LogP contribution in [0.15, 0.2) is 78.1 Å². The molecule has 1 saturated carbocycles. The number of carbonyl (C=O) groups excluding carboxylic acids is 1. The van der Waals surface area contributed by atoms with E-state index in [1.165, 1.54) is 6.42 Å². The standard InChI is InChI=1S/C23H22N2O/c1-24-21-12-7-13-22(21)25(23(24)26)20-11-6-5-10-19(16-17-20)15-14-18-8-3-2-4-9-18/h2-6,8-11,16-17,21-22H,7,12-13H2,1H3/b6-5?,10-5+,11-6+,17-16?,19-10?,19-16+,20-11?,20-17+/t21-,22+/m0/s1. The third-order valence-corrected chi connectivity index (χ3v) is 5.27. The number of fused-ring (bicyclic) bond motifs is 1. The summed E-state index contributed by atoms with van der Waals surface area (Å²) >= 11 is 0. The van der Waals surface area contributed by atoms with Gasteiger partial charge in [-0.25, -0.2) is 4.79 Å². The first-order chi connectivity index (χ1) is 12.7. The molecule has 4 rings (SSSR count). The summed E-state index contributed by atoms with van der Waals surface area (Å²) in [6, 6.07) is 10.7. The minimum absolute atomic E-state index is 0.102. The molecule has 2 fully saturated rings. The van der Waals surface area contributed by atoms with Crippen molar-refractivity contribution < 1.29 is 4.79 Å². The second kappa shape index (κ2) is 7.09. The highest BCUT2D eigenvalue weighted by atomic mass is 16.2. The highest BCUT2D eigenvalue weighted by Crippen LogP contribution is 2.37. The fourth-order valence-electron chi connectivity index (χ4n) is 3.94. The fourth-order valence-corrected chi connectivity index (χ4v) is 3.94. The Morgan fingerprint density at radius 1 is 0.962 bits per heavy atom. The molecule has 2 amide bonds. The van der Waals surface area contributed by atoms with Gasteiger partial charge in [0.15, 0.2) is 0 Å². The van der Waals surface area contributed by atoms with Gasteiger partial charge in [-0.1, -0.05) is 42.2 Å². The van der Waals surface area contributed by atoms with Crippen LogP contribution in [0.25, 0.3) is 0 Å². The highest BCUT2D eigenvalue weighted by molar-refractivity contribution is 5.80. The summed E-state index contributed by atoms with van der Waals surface area (Å²) in [4.78, 5) is 16.6. The molecule has 1 aromatic carbocycles. The summed E-state index contributed by atoms with van der Waals surface area (Å²) < 4.78 is 0. The second-order valence-electron chi connectivity index (χ2n) is 6.88. The highest BCUT2D eigenvalue weighted by Gasteiger charge is 2.47. The predicted molar refractivity (Wildman–Crippen MR) is 104 cm³/mol. The Kier molecular flexibility index (Phi) is 4.50. The first-order valence-corrected chi connectivity index (χ1v) is 9.14. The summed E-state index contributed by atoms with van der Waals surface area (Å²) in [5.41, 5.74) is 2.87. The van der Waals surface area contributed by atoms with Crippen molar-refractivity contribution in [1.82, 2.24) is 9.80 Å². The Bertz CT molecular complexity index is 880. The van der Waals surface area contributed by atoms with E-state index in [0.29, 0.717) is 12.1 Å². The second-order valence-corrected chi connectivity index (χ2v) is 6.88. The molecule has 0 N–H and O–H groups in total. The molecule has 2 atom stereocenters. The van der Waals surface area contributed by atoms with Gasteiger partial charge in [-0.15, -0.1) is 0 Å². The van der Waals surface area contributed by atoms with Crippen LogP contribution in [0.3, 0.4) is 0 Å². The van der Waals surface area contributed by atoms with E-state index in [2.05, 4.69) is 11.8 Å². The van der Waals surface area contributed by atoms with Crippen LogP contribution in [0.2, 0.25) is 0 Å². The van der Waals surface area contributed by atoms with Crippen molar-refractivity contribution in [3.8, 4) is 11.8 Å². The van der Waals surface area contributed by atoms with Crippen LogP contribution in [0.5, 0.6) is 0 Å². The molecule has 3 aliphatic rings. The summed E-state index contributed by atoms with van der Waals surface area (Å²) in [6.45, 7) is 0. The Morgan fingerprint density at radius 3 is 2.58 bits per heavy atom. The van der Waals surface area contributed by atoms with E-state index in [0.717, 1.165) is 29.7 Å². The molecule has 130 valence electrons. The monoisotopic (exact) mass is 342 g/mol. The van der Waals surface area contributed by atoms with Gasteiger partial charge in [-0.3, -0.25) is 4.90 Å². The van der Waals surface area contributed by atoms with E-state index in [1.807, 2.05) is 83.6 Å². The van der Waals surface area contributed by atoms with Crippen molar-refractivity contribution in [2.75, 3.05) is 7.05 Å². The van der Waals surface area contributed by atoms with Crippen LogP contribution < -0.4 is 0 Å². The number of hydrogen-bond donors (Lipinski definition) is 0. The Labute approximate surface area is 155 Å². The lowest BCUT2D eigenvalue weighted by atomic mass is 10.1. The molecule has 26 heavy (non-hydrogen) atoms. The van der Waals surface area contributed by atoms with Gasteiger partial charge < -0.3 is 4.90 Å². The maximum atomic E-state index is 12.7. The molecule has 0 bridgehead atoms. The molecule has 0 unspecified atom stereocenters. The molecule has 1 aliphatic heterocycles. The molecule has 0 radical (unpaired) electrons. The topological polar surface area (TPSA) is 23.6 Å². The number of carbonyl (C=O) groups is 1. The molecule has 2 aliphatic carbocycles. The van der Waals surface area contributed by atoms with Crippen molar-refractivity contribution in [2.45, 2.75) is 31.3 Å². The Balaban J connectivity index is 1.62. The average Bonchev–Trinajstić information content (AvgIpc) is 3.20. The summed E-state index contributed by atoms with van der Waals surface area (Å²) in [5, 5.41) is 0. The van der Waals surface area contributed by atoms with Gasteiger partial charge in [0.25, 0.3) is 0 Å². The molecule has 3 heteroatoms. The van der Waals surface area contributed by atoms with Crippen molar-refractivity contribution in [3.05, 3.63) is 83.6 Å². The molecule has 1 heterocycles. The first kappa shape index (κ1) is 16.5. The molecule has 1 saturated heterocycles. The lowest BCUT2D eigenvalue weighted by molar-refractivity contribution is 0.199. The van der Waals surface area contributed by atoms with E-state index in [4.69, 9.17) is 0 Å². The lowest BCUT2D eigenvalue weighted by Gasteiger charge is -2.23. The molecule has 0 aromatic heterocycles. The van der Waals surface area contributed by atoms with E-state index >= 15 is 0 Å². The largest absolute Gasteiger partial charge is 0.324 e. The van der Waals surface area contributed by atoms with E-state index < -0.39 is 0 Å². The molecule has 3 nitrogen and oxygen atoms in total. The van der Waals surface area contributed by atoms with Gasteiger partial charge >= 0.3 is 6.03 Å². The van der Waals surface area contributed by atoms with Gasteiger partial charge in [-0.2, -0.15) is 0 Å². The SMILES string of the molecule is CN1C(=O)N(C2=C/C=C(C#Cc3ccccc3)\C=C\C=C\2)[C@@H]2CCC[C@@H]21. The van der Waals surface area contributed by atoms with Gasteiger partial charge in [0.05, 0.1) is 12.1 Å². The maximum Gasteiger partial charge on any atom is 0.324 e. The van der Waals surface area contributed by atoms with Gasteiger partial charge in [0, 0.05) is 23.9 Å². The smallest absolute Gasteiger partial charge is 0.322 e. The van der Waals surface area contributed by atoms with E-state index in [9.17, 15) is 4.79 Å². The lowest BCUT2D eigenvalue weighted by Crippen LogP contribution is -2.32. The third-order valence-electron chi connectivity index (χ3n) is 5.27. The number of hydrogen-bond acceptors (Lipinski definition) is 1. The van der Waals surface area contributed by atoms with Crippen molar-refractivity contribution in [3.63, 3.8) is 0 Å². The predicted octanol–water partition coefficient (Wildman–Crippen LogP) is 4.26. The Morgan fingerprint density at radius 2 is 1.73 bits per heavy atom. The maximum absolute atomic E-state index is 12.7. The van der Waals surface area contributed by atoms with Crippen LogP contribution >= 0.6 is 0 Å². The fraction of sp³-hybridized carbons (Fsp3) is 0.261. The van der Waals surface area contributed by atoms with Crippen LogP contribution in [-0.4, -0.2) is 35.0 Å². The van der Waals surface area contributed by atoms with Gasteiger partial charge in [-0.05, 0) is 55.7 Å². The van der Waals surface area contributed by atoms with Crippen LogP contribution in [-0.2, 0) is 0 Å². The van der Waals surface area contributed by atoms with E-state index in [1.54, 1.807) is 0 Å². The number of urea groups is 1. The zero-order valence-corrected chi connectivity index (χ0v) is 14.9. The first-order valence-electron chi connectivity index (χ1n) is 9.14. The van der Waals surface area contributed by atoms with Gasteiger partial charge in [0.1, 0.15) is 0 Å². The molecule has 1 aromatic rings. The van der Waals surface area contributed by atoms with Crippen LogP contribution in [0.4, 0.5) is 4.79 Å². The molecular weight excluding hydrogens is 320 g/mol. The molecular formula is C23H22N2O. The summed E-state index contributed by atoms with van der Waals surface area (Å²) in [6.07, 6.45) is 15.4.